The molecule has 2 unspecified atom stereocenters. The van der Waals surface area contributed by atoms with Gasteiger partial charge in [0.1, 0.15) is 47.5 Å². The van der Waals surface area contributed by atoms with Crippen LogP contribution in [0.4, 0.5) is 12.7 Å². The van der Waals surface area contributed by atoms with E-state index in [0.29, 0.717) is 24.1 Å². The van der Waals surface area contributed by atoms with Crippen LogP contribution in [0.15, 0.2) is 24.3 Å². The second kappa shape index (κ2) is 14.7. The summed E-state index contributed by atoms with van der Waals surface area (Å²) in [6, 6.07) is 1.82. The Hall–Kier alpha value is -1.03. The fourth-order valence-electron chi connectivity index (χ4n) is 5.06. The molecule has 1 aromatic carbocycles. The first-order valence-electron chi connectivity index (χ1n) is 12.4. The van der Waals surface area contributed by atoms with Crippen LogP contribution >= 0.6 is 35.5 Å². The highest BCUT2D eigenvalue weighted by Crippen LogP contribution is 2.33. The van der Waals surface area contributed by atoms with Crippen LogP contribution in [0.5, 0.6) is 0 Å². The molecule has 39 heavy (non-hydrogen) atoms. The molecule has 2 fully saturated rings. The highest BCUT2D eigenvalue weighted by molar-refractivity contribution is 7.99. The predicted molar refractivity (Wildman–Crippen MR) is 146 cm³/mol. The summed E-state index contributed by atoms with van der Waals surface area (Å²) in [5.74, 6) is -1.97. The van der Waals surface area contributed by atoms with Gasteiger partial charge < -0.3 is 35.4 Å². The molecular formula is C25H34ClF3N2O6S2. The number of alkyl halides is 1. The SMILES string of the molecule is CSC1O[C@H]([C@H](NC(=O)[C@H]2NC[C@@H]3C=C(c4ccc(F)cc4F)CCO[C@@H]23)[C@H](C)Cl)C(O)[C@@H](O)[C@H]1O.CSF. The van der Waals surface area contributed by atoms with E-state index in [1.165, 1.54) is 30.2 Å². The number of halogens is 4. The number of amides is 1. The first kappa shape index (κ1) is 32.5. The molecule has 3 aliphatic heterocycles. The van der Waals surface area contributed by atoms with E-state index in [4.69, 9.17) is 21.1 Å². The zero-order valence-electron chi connectivity index (χ0n) is 21.6. The van der Waals surface area contributed by atoms with Crippen molar-refractivity contribution in [1.82, 2.24) is 10.6 Å². The average Bonchev–Trinajstić information content (AvgIpc) is 3.17. The molecule has 0 bridgehead atoms. The van der Waals surface area contributed by atoms with Crippen LogP contribution in [0.1, 0.15) is 18.9 Å². The number of fused-ring (bicyclic) bond motifs is 1. The van der Waals surface area contributed by atoms with E-state index < -0.39 is 71.0 Å². The number of thioether (sulfide) groups is 1. The summed E-state index contributed by atoms with van der Waals surface area (Å²) in [5.41, 5.74) is 0.180. The molecule has 0 aromatic heterocycles. The van der Waals surface area contributed by atoms with Crippen LogP contribution in [-0.2, 0) is 14.3 Å². The molecule has 0 spiro atoms. The van der Waals surface area contributed by atoms with Gasteiger partial charge in [-0.05, 0) is 37.3 Å². The van der Waals surface area contributed by atoms with Crippen LogP contribution < -0.4 is 10.6 Å². The molecule has 4 rings (SSSR count). The second-order valence-electron chi connectivity index (χ2n) is 9.49. The van der Waals surface area contributed by atoms with E-state index in [1.54, 1.807) is 13.2 Å². The first-order chi connectivity index (χ1) is 18.5. The molecule has 3 aliphatic rings. The molecule has 3 heterocycles. The number of aliphatic hydroxyl groups excluding tert-OH is 3. The van der Waals surface area contributed by atoms with Crippen molar-refractivity contribution in [3.05, 3.63) is 41.5 Å². The van der Waals surface area contributed by atoms with Crippen molar-refractivity contribution in [2.45, 2.75) is 66.8 Å². The van der Waals surface area contributed by atoms with E-state index in [2.05, 4.69) is 10.6 Å². The molecule has 0 saturated carbocycles. The lowest BCUT2D eigenvalue weighted by atomic mass is 9.92. The monoisotopic (exact) mass is 614 g/mol. The lowest BCUT2D eigenvalue weighted by Gasteiger charge is -2.44. The number of nitrogens with one attached hydrogen (secondary N) is 2. The number of rotatable bonds is 6. The van der Waals surface area contributed by atoms with Crippen molar-refractivity contribution in [2.24, 2.45) is 5.92 Å². The average molecular weight is 615 g/mol. The van der Waals surface area contributed by atoms with Gasteiger partial charge in [0.25, 0.3) is 0 Å². The minimum absolute atomic E-state index is 0.232. The molecule has 10 atom stereocenters. The third kappa shape index (κ3) is 7.63. The van der Waals surface area contributed by atoms with Gasteiger partial charge in [0.05, 0.1) is 24.1 Å². The molecule has 2 saturated heterocycles. The lowest BCUT2D eigenvalue weighted by molar-refractivity contribution is -0.205. The zero-order chi connectivity index (χ0) is 28.9. The van der Waals surface area contributed by atoms with E-state index in [9.17, 15) is 32.8 Å². The van der Waals surface area contributed by atoms with Crippen LogP contribution in [-0.4, -0.2) is 100 Å². The van der Waals surface area contributed by atoms with Gasteiger partial charge in [-0.2, -0.15) is 3.89 Å². The Kier molecular flexibility index (Phi) is 12.3. The highest BCUT2D eigenvalue weighted by atomic mass is 35.5. The molecule has 5 N–H and O–H groups in total. The highest BCUT2D eigenvalue weighted by Gasteiger charge is 2.49. The molecule has 1 aromatic rings. The second-order valence-corrected chi connectivity index (χ2v) is 11.4. The maximum absolute atomic E-state index is 14.4. The van der Waals surface area contributed by atoms with Gasteiger partial charge in [0.15, 0.2) is 0 Å². The summed E-state index contributed by atoms with van der Waals surface area (Å²) < 4.78 is 49.7. The third-order valence-corrected chi connectivity index (χ3v) is 8.10. The number of hydrogen-bond donors (Lipinski definition) is 5. The van der Waals surface area contributed by atoms with E-state index in [0.717, 1.165) is 6.07 Å². The molecule has 0 aliphatic carbocycles. The normalized spacial score (nSPS) is 34.1. The van der Waals surface area contributed by atoms with Gasteiger partial charge in [-0.25, -0.2) is 8.78 Å². The van der Waals surface area contributed by atoms with Gasteiger partial charge in [0, 0.05) is 42.5 Å². The Bertz CT molecular complexity index is 1010. The molecule has 1 amide bonds. The fraction of sp³-hybridized carbons (Fsp3) is 0.640. The van der Waals surface area contributed by atoms with Crippen molar-refractivity contribution in [3.63, 3.8) is 0 Å². The van der Waals surface area contributed by atoms with Crippen LogP contribution in [0, 0.1) is 17.6 Å². The van der Waals surface area contributed by atoms with E-state index >= 15 is 0 Å². The number of ether oxygens (including phenoxy) is 2. The first-order valence-corrected chi connectivity index (χ1v) is 15.2. The summed E-state index contributed by atoms with van der Waals surface area (Å²) in [5, 5.41) is 36.3. The number of hydrogen-bond acceptors (Lipinski definition) is 9. The Morgan fingerprint density at radius 1 is 1.21 bits per heavy atom. The maximum Gasteiger partial charge on any atom is 0.240 e. The van der Waals surface area contributed by atoms with Gasteiger partial charge in [0.2, 0.25) is 5.91 Å². The third-order valence-electron chi connectivity index (χ3n) is 6.98. The number of benzene rings is 1. The van der Waals surface area contributed by atoms with Crippen LogP contribution in [0.3, 0.4) is 0 Å². The molecule has 14 heteroatoms. The number of aliphatic hydroxyl groups is 3. The quantitative estimate of drug-likeness (QED) is 0.307. The Labute approximate surface area is 239 Å². The molecular weight excluding hydrogens is 581 g/mol. The minimum Gasteiger partial charge on any atom is -0.388 e. The van der Waals surface area contributed by atoms with Crippen molar-refractivity contribution in [2.75, 3.05) is 25.7 Å². The Morgan fingerprint density at radius 3 is 2.51 bits per heavy atom. The largest absolute Gasteiger partial charge is 0.388 e. The van der Waals surface area contributed by atoms with Gasteiger partial charge in [-0.15, -0.1) is 23.4 Å². The molecule has 220 valence electrons. The van der Waals surface area contributed by atoms with Crippen LogP contribution in [0.2, 0.25) is 0 Å². The Balaban J connectivity index is 0.00000134. The lowest BCUT2D eigenvalue weighted by Crippen LogP contribution is -2.65. The van der Waals surface area contributed by atoms with Gasteiger partial charge >= 0.3 is 0 Å². The molecule has 8 nitrogen and oxygen atoms in total. The number of carbonyl (C=O) groups is 1. The number of carbonyl (C=O) groups excluding carboxylic acids is 1. The molecule has 0 radical (unpaired) electrons. The summed E-state index contributed by atoms with van der Waals surface area (Å²) in [6.07, 6.45) is -0.488. The van der Waals surface area contributed by atoms with Gasteiger partial charge in [-0.1, -0.05) is 6.08 Å². The van der Waals surface area contributed by atoms with E-state index in [-0.39, 0.29) is 24.7 Å². The fourth-order valence-corrected chi connectivity index (χ4v) is 5.94. The summed E-state index contributed by atoms with van der Waals surface area (Å²) in [4.78, 5) is 13.3. The van der Waals surface area contributed by atoms with Crippen molar-refractivity contribution < 1.29 is 42.3 Å². The van der Waals surface area contributed by atoms with E-state index in [1.807, 2.05) is 6.08 Å². The predicted octanol–water partition coefficient (Wildman–Crippen LogP) is 2.24. The van der Waals surface area contributed by atoms with Crippen LogP contribution in [0.25, 0.3) is 5.57 Å². The minimum atomic E-state index is -1.47. The maximum atomic E-state index is 14.4. The van der Waals surface area contributed by atoms with Crippen molar-refractivity contribution >= 4 is 47.0 Å². The standard InChI is InChI=1S/C24H31ClF2N2O6S.CH3FS/c1-10(25)16(22-19(31)18(30)20(32)24(35-22)36-2)29-23(33)17-21-12(9-28-17)7-11(5-6-34-21)14-4-3-13(26)8-15(14)27;1-3-2/h3-4,7-8,10,12,16-22,24,28,30-32H,5-6,9H2,1-2H3,(H,29,33);1H3/t10-,12-,16+,17-,18+,19?,20+,21+,22+,24?;/m0./s1. The van der Waals surface area contributed by atoms with Crippen molar-refractivity contribution in [3.8, 4) is 0 Å². The van der Waals surface area contributed by atoms with Gasteiger partial charge in [-0.3, -0.25) is 4.79 Å². The summed E-state index contributed by atoms with van der Waals surface area (Å²) in [6.45, 7) is 2.28. The topological polar surface area (TPSA) is 120 Å². The van der Waals surface area contributed by atoms with Crippen molar-refractivity contribution in [1.29, 1.82) is 0 Å². The summed E-state index contributed by atoms with van der Waals surface area (Å²) >= 11 is 7.78. The zero-order valence-corrected chi connectivity index (χ0v) is 24.0. The summed E-state index contributed by atoms with van der Waals surface area (Å²) in [7, 11) is 0. The Morgan fingerprint density at radius 2 is 1.90 bits per heavy atom. The smallest absolute Gasteiger partial charge is 0.240 e.